The molecule has 0 aromatic heterocycles. The molecule has 0 aliphatic heterocycles. The molecule has 4 nitrogen and oxygen atoms in total. The molecule has 0 atom stereocenters. The van der Waals surface area contributed by atoms with Crippen LogP contribution in [0.3, 0.4) is 0 Å². The highest BCUT2D eigenvalue weighted by molar-refractivity contribution is 6.13. The minimum atomic E-state index is -0.0483. The van der Waals surface area contributed by atoms with E-state index in [9.17, 15) is 9.59 Å². The van der Waals surface area contributed by atoms with Crippen molar-refractivity contribution in [3.63, 3.8) is 0 Å². The van der Waals surface area contributed by atoms with Crippen molar-refractivity contribution >= 4 is 22.9 Å². The summed E-state index contributed by atoms with van der Waals surface area (Å²) in [6.45, 7) is 4.15. The first kappa shape index (κ1) is 21.3. The second-order valence-corrected chi connectivity index (χ2v) is 7.74. The summed E-state index contributed by atoms with van der Waals surface area (Å²) in [7, 11) is 1.99. The Hall–Kier alpha value is -3.40. The van der Waals surface area contributed by atoms with Gasteiger partial charge < -0.3 is 15.4 Å². The maximum atomic E-state index is 13.4. The molecule has 4 heteroatoms. The van der Waals surface area contributed by atoms with Gasteiger partial charge in [-0.3, -0.25) is 4.79 Å². The van der Waals surface area contributed by atoms with Gasteiger partial charge in [-0.15, -0.1) is 0 Å². The van der Waals surface area contributed by atoms with Gasteiger partial charge in [0.05, 0.1) is 0 Å². The van der Waals surface area contributed by atoms with Gasteiger partial charge in [-0.2, -0.15) is 0 Å². The first-order valence-electron chi connectivity index (χ1n) is 10.1. The molecule has 0 amide bonds. The van der Waals surface area contributed by atoms with Crippen LogP contribution in [0, 0.1) is 6.92 Å². The number of carbonyl (C=O) groups excluding carboxylic acids is 2. The molecule has 0 aliphatic carbocycles. The fraction of sp³-hybridized carbons (Fsp3) is 0.231. The quantitative estimate of drug-likeness (QED) is 0.428. The number of carbonyl (C=O) groups is 2. The lowest BCUT2D eigenvalue weighted by molar-refractivity contribution is -0.116. The highest BCUT2D eigenvalue weighted by Gasteiger charge is 2.19. The molecular formula is C26H28N2O2. The van der Waals surface area contributed by atoms with Crippen molar-refractivity contribution in [1.82, 2.24) is 0 Å². The average molecular weight is 401 g/mol. The fourth-order valence-corrected chi connectivity index (χ4v) is 3.55. The number of anilines is 2. The Bertz CT molecular complexity index is 1060. The first-order chi connectivity index (χ1) is 14.4. The Morgan fingerprint density at radius 3 is 2.33 bits per heavy atom. The number of hydrogen-bond donors (Lipinski definition) is 1. The van der Waals surface area contributed by atoms with E-state index in [-0.39, 0.29) is 11.6 Å². The number of nitrogens with two attached hydrogens (primary N) is 1. The number of Topliss-reactive ketones (excluding diaryl/α,β-unsaturated/α-hetero) is 1. The molecule has 0 unspecified atom stereocenters. The Labute approximate surface area is 178 Å². The molecule has 0 heterocycles. The second-order valence-electron chi connectivity index (χ2n) is 7.74. The highest BCUT2D eigenvalue weighted by atomic mass is 16.1. The third-order valence-electron chi connectivity index (χ3n) is 5.37. The molecule has 3 aromatic rings. The van der Waals surface area contributed by atoms with Gasteiger partial charge in [-0.05, 0) is 55.2 Å². The van der Waals surface area contributed by atoms with Gasteiger partial charge in [-0.25, -0.2) is 0 Å². The van der Waals surface area contributed by atoms with Crippen LogP contribution in [-0.2, 0) is 17.8 Å². The van der Waals surface area contributed by atoms with Gasteiger partial charge >= 0.3 is 0 Å². The van der Waals surface area contributed by atoms with Gasteiger partial charge in [0.2, 0.25) is 0 Å². The third-order valence-corrected chi connectivity index (χ3v) is 5.37. The molecule has 3 aromatic carbocycles. The van der Waals surface area contributed by atoms with Crippen molar-refractivity contribution in [1.29, 1.82) is 0 Å². The number of ketones is 2. The van der Waals surface area contributed by atoms with E-state index in [1.807, 2.05) is 62.5 Å². The summed E-state index contributed by atoms with van der Waals surface area (Å²) in [4.78, 5) is 27.0. The van der Waals surface area contributed by atoms with E-state index in [4.69, 9.17) is 5.73 Å². The van der Waals surface area contributed by atoms with Crippen LogP contribution in [0.15, 0.2) is 66.7 Å². The molecule has 0 fully saturated rings. The summed E-state index contributed by atoms with van der Waals surface area (Å²) >= 11 is 0. The van der Waals surface area contributed by atoms with Crippen LogP contribution in [0.25, 0.3) is 0 Å². The Balaban J connectivity index is 2.01. The van der Waals surface area contributed by atoms with Crippen LogP contribution in [0.4, 0.5) is 11.4 Å². The van der Waals surface area contributed by atoms with Crippen LogP contribution in [-0.4, -0.2) is 18.6 Å². The van der Waals surface area contributed by atoms with Crippen molar-refractivity contribution in [2.24, 2.45) is 0 Å². The number of hydrogen-bond acceptors (Lipinski definition) is 4. The molecule has 2 N–H and O–H groups in total. The second kappa shape index (κ2) is 9.40. The van der Waals surface area contributed by atoms with E-state index in [2.05, 4.69) is 17.0 Å². The van der Waals surface area contributed by atoms with E-state index in [1.165, 1.54) is 0 Å². The van der Waals surface area contributed by atoms with Crippen molar-refractivity contribution in [2.45, 2.75) is 33.2 Å². The standard InChI is InChI=1S/C26H28N2O2/c1-18(29)12-13-20-14-15-23(26(30)22-10-7-11-24(27)19(22)2)25(16-20)28(3)17-21-8-5-4-6-9-21/h4-11,14-16H,12-13,17,27H2,1-3H3. The summed E-state index contributed by atoms with van der Waals surface area (Å²) in [6, 6.07) is 21.4. The third kappa shape index (κ3) is 4.95. The zero-order valence-electron chi connectivity index (χ0n) is 17.8. The molecule has 0 saturated carbocycles. The van der Waals surface area contributed by atoms with E-state index >= 15 is 0 Å². The van der Waals surface area contributed by atoms with Crippen molar-refractivity contribution in [2.75, 3.05) is 17.7 Å². The zero-order valence-corrected chi connectivity index (χ0v) is 17.8. The molecular weight excluding hydrogens is 372 g/mol. The predicted molar refractivity (Wildman–Crippen MR) is 123 cm³/mol. The Kier molecular flexibility index (Phi) is 6.68. The van der Waals surface area contributed by atoms with Gasteiger partial charge in [0.15, 0.2) is 5.78 Å². The average Bonchev–Trinajstić information content (AvgIpc) is 2.74. The van der Waals surface area contributed by atoms with Crippen LogP contribution >= 0.6 is 0 Å². The lowest BCUT2D eigenvalue weighted by Gasteiger charge is -2.23. The fourth-order valence-electron chi connectivity index (χ4n) is 3.55. The summed E-state index contributed by atoms with van der Waals surface area (Å²) < 4.78 is 0. The van der Waals surface area contributed by atoms with Crippen LogP contribution in [0.2, 0.25) is 0 Å². The Morgan fingerprint density at radius 1 is 0.900 bits per heavy atom. The number of nitrogen functional groups attached to an aromatic ring is 1. The summed E-state index contributed by atoms with van der Waals surface area (Å²) in [5, 5.41) is 0. The lowest BCUT2D eigenvalue weighted by atomic mass is 9.94. The van der Waals surface area contributed by atoms with E-state index in [1.54, 1.807) is 13.0 Å². The topological polar surface area (TPSA) is 63.4 Å². The largest absolute Gasteiger partial charge is 0.398 e. The summed E-state index contributed by atoms with van der Waals surface area (Å²) in [5.41, 5.74) is 11.7. The maximum Gasteiger partial charge on any atom is 0.195 e. The maximum absolute atomic E-state index is 13.4. The zero-order chi connectivity index (χ0) is 21.7. The van der Waals surface area contributed by atoms with Gasteiger partial charge in [-0.1, -0.05) is 48.5 Å². The van der Waals surface area contributed by atoms with Crippen LogP contribution < -0.4 is 10.6 Å². The molecule has 0 saturated heterocycles. The number of aryl methyl sites for hydroxylation is 1. The van der Waals surface area contributed by atoms with E-state index < -0.39 is 0 Å². The van der Waals surface area contributed by atoms with Crippen LogP contribution in [0.1, 0.15) is 46.0 Å². The number of rotatable bonds is 8. The SMILES string of the molecule is CC(=O)CCc1ccc(C(=O)c2cccc(N)c2C)c(N(C)Cc2ccccc2)c1. The van der Waals surface area contributed by atoms with E-state index in [0.717, 1.165) is 22.4 Å². The molecule has 0 spiro atoms. The summed E-state index contributed by atoms with van der Waals surface area (Å²) in [6.07, 6.45) is 1.15. The molecule has 30 heavy (non-hydrogen) atoms. The monoisotopic (exact) mass is 400 g/mol. The molecule has 0 radical (unpaired) electrons. The number of benzene rings is 3. The van der Waals surface area contributed by atoms with Gasteiger partial charge in [0, 0.05) is 42.5 Å². The smallest absolute Gasteiger partial charge is 0.195 e. The van der Waals surface area contributed by atoms with Gasteiger partial charge in [0.25, 0.3) is 0 Å². The first-order valence-corrected chi connectivity index (χ1v) is 10.1. The molecule has 0 bridgehead atoms. The normalized spacial score (nSPS) is 10.6. The van der Waals surface area contributed by atoms with Crippen molar-refractivity contribution in [3.8, 4) is 0 Å². The summed E-state index contributed by atoms with van der Waals surface area (Å²) in [5.74, 6) is 0.109. The van der Waals surface area contributed by atoms with Crippen molar-refractivity contribution in [3.05, 3.63) is 94.5 Å². The van der Waals surface area contributed by atoms with Gasteiger partial charge in [0.1, 0.15) is 5.78 Å². The molecule has 0 aliphatic rings. The minimum Gasteiger partial charge on any atom is -0.398 e. The highest BCUT2D eigenvalue weighted by Crippen LogP contribution is 2.28. The lowest BCUT2D eigenvalue weighted by Crippen LogP contribution is -2.20. The van der Waals surface area contributed by atoms with E-state index in [0.29, 0.717) is 36.2 Å². The Morgan fingerprint density at radius 2 is 1.63 bits per heavy atom. The molecule has 3 rings (SSSR count). The predicted octanol–water partition coefficient (Wildman–Crippen LogP) is 4.97. The molecule has 154 valence electrons. The minimum absolute atomic E-state index is 0.0483. The number of nitrogens with zero attached hydrogens (tertiary/aromatic N) is 1. The van der Waals surface area contributed by atoms with Crippen molar-refractivity contribution < 1.29 is 9.59 Å². The van der Waals surface area contributed by atoms with Crippen LogP contribution in [0.5, 0.6) is 0 Å².